The number of ether oxygens (including phenoxy) is 1. The summed E-state index contributed by atoms with van der Waals surface area (Å²) >= 11 is 0. The van der Waals surface area contributed by atoms with E-state index in [4.69, 9.17) is 17.5 Å². The van der Waals surface area contributed by atoms with Gasteiger partial charge >= 0.3 is 16.4 Å². The Bertz CT molecular complexity index is 817. The van der Waals surface area contributed by atoms with Gasteiger partial charge in [-0.2, -0.15) is 8.42 Å². The first kappa shape index (κ1) is 21.5. The molecule has 0 amide bonds. The molecule has 0 aromatic heterocycles. The van der Waals surface area contributed by atoms with Crippen LogP contribution < -0.4 is 0 Å². The molecule has 2 N–H and O–H groups in total. The Labute approximate surface area is 152 Å². The third-order valence-electron chi connectivity index (χ3n) is 3.25. The van der Waals surface area contributed by atoms with Crippen LogP contribution in [0.4, 0.5) is 0 Å². The minimum absolute atomic E-state index is 0.160. The van der Waals surface area contributed by atoms with Crippen molar-refractivity contribution in [3.63, 3.8) is 0 Å². The average molecular weight is 380 g/mol. The monoisotopic (exact) mass is 380 g/mol. The molecular weight excluding hydrogens is 360 g/mol. The highest BCUT2D eigenvalue weighted by atomic mass is 32.3. The molecule has 0 radical (unpaired) electrons. The van der Waals surface area contributed by atoms with Crippen molar-refractivity contribution in [1.29, 1.82) is 0 Å². The van der Waals surface area contributed by atoms with Crippen LogP contribution in [0.2, 0.25) is 0 Å². The van der Waals surface area contributed by atoms with E-state index in [1.165, 1.54) is 6.92 Å². The molecule has 2 aromatic rings. The van der Waals surface area contributed by atoms with Crippen molar-refractivity contribution >= 4 is 22.2 Å². The summed E-state index contributed by atoms with van der Waals surface area (Å²) in [5.74, 6) is -0.0510. The molecule has 3 rings (SSSR count). The molecule has 0 saturated heterocycles. The zero-order chi connectivity index (χ0) is 19.7. The van der Waals surface area contributed by atoms with E-state index >= 15 is 0 Å². The molecule has 0 fully saturated rings. The van der Waals surface area contributed by atoms with Gasteiger partial charge in [-0.1, -0.05) is 48.5 Å². The maximum absolute atomic E-state index is 12.1. The van der Waals surface area contributed by atoms with Crippen molar-refractivity contribution in [2.75, 3.05) is 6.61 Å². The molecule has 26 heavy (non-hydrogen) atoms. The number of fused-ring (bicyclic) bond motifs is 2. The van der Waals surface area contributed by atoms with Crippen molar-refractivity contribution < 1.29 is 31.8 Å². The van der Waals surface area contributed by atoms with E-state index in [1.54, 1.807) is 6.92 Å². The van der Waals surface area contributed by atoms with Gasteiger partial charge in [-0.3, -0.25) is 18.7 Å². The number of ketones is 1. The molecule has 0 unspecified atom stereocenters. The molecule has 1 aliphatic carbocycles. The highest BCUT2D eigenvalue weighted by Gasteiger charge is 2.21. The zero-order valence-corrected chi connectivity index (χ0v) is 15.2. The normalized spacial score (nSPS) is 11.6. The maximum Gasteiger partial charge on any atom is 0.394 e. The molecule has 0 spiro atoms. The SMILES string of the molecule is CCOC(C)=O.O=C1c2ccccc2Cc2ccccc21.O=S(=O)(O)O. The van der Waals surface area contributed by atoms with Gasteiger partial charge in [0, 0.05) is 18.1 Å². The summed E-state index contributed by atoms with van der Waals surface area (Å²) in [5, 5.41) is 0. The number of carbonyl (C=O) groups is 2. The van der Waals surface area contributed by atoms with Gasteiger partial charge in [0.1, 0.15) is 0 Å². The van der Waals surface area contributed by atoms with Crippen LogP contribution in [0, 0.1) is 0 Å². The lowest BCUT2D eigenvalue weighted by Crippen LogP contribution is -2.14. The Morgan fingerprint density at radius 1 is 1.00 bits per heavy atom. The van der Waals surface area contributed by atoms with Gasteiger partial charge in [0.2, 0.25) is 0 Å². The molecule has 7 nitrogen and oxygen atoms in total. The van der Waals surface area contributed by atoms with Crippen molar-refractivity contribution in [3.8, 4) is 0 Å². The quantitative estimate of drug-likeness (QED) is 0.492. The first-order valence-corrected chi connectivity index (χ1v) is 9.07. The summed E-state index contributed by atoms with van der Waals surface area (Å²) in [6, 6.07) is 15.7. The lowest BCUT2D eigenvalue weighted by Gasteiger charge is -2.17. The summed E-state index contributed by atoms with van der Waals surface area (Å²) in [7, 11) is -4.67. The highest BCUT2D eigenvalue weighted by Crippen LogP contribution is 2.26. The fraction of sp³-hybridized carbons (Fsp3) is 0.222. The molecule has 0 bridgehead atoms. The van der Waals surface area contributed by atoms with Crippen molar-refractivity contribution in [2.24, 2.45) is 0 Å². The largest absolute Gasteiger partial charge is 0.466 e. The Morgan fingerprint density at radius 2 is 1.38 bits per heavy atom. The first-order valence-electron chi connectivity index (χ1n) is 7.67. The molecule has 8 heteroatoms. The van der Waals surface area contributed by atoms with Gasteiger partial charge in [-0.15, -0.1) is 0 Å². The number of benzene rings is 2. The fourth-order valence-corrected chi connectivity index (χ4v) is 2.35. The van der Waals surface area contributed by atoms with Gasteiger partial charge in [0.05, 0.1) is 6.61 Å². The van der Waals surface area contributed by atoms with Crippen LogP contribution in [0.5, 0.6) is 0 Å². The van der Waals surface area contributed by atoms with Crippen LogP contribution in [-0.2, 0) is 26.4 Å². The summed E-state index contributed by atoms with van der Waals surface area (Å²) in [4.78, 5) is 21.9. The van der Waals surface area contributed by atoms with Gasteiger partial charge in [0.15, 0.2) is 5.78 Å². The average Bonchev–Trinajstić information content (AvgIpc) is 2.54. The fourth-order valence-electron chi connectivity index (χ4n) is 2.35. The molecule has 1 aliphatic rings. The molecule has 2 aromatic carbocycles. The van der Waals surface area contributed by atoms with E-state index in [2.05, 4.69) is 4.74 Å². The topological polar surface area (TPSA) is 118 Å². The van der Waals surface area contributed by atoms with Gasteiger partial charge in [-0.05, 0) is 24.5 Å². The van der Waals surface area contributed by atoms with Crippen LogP contribution in [0.1, 0.15) is 40.9 Å². The molecular formula is C18H20O7S. The van der Waals surface area contributed by atoms with E-state index in [0.717, 1.165) is 28.7 Å². The third-order valence-corrected chi connectivity index (χ3v) is 3.25. The summed E-state index contributed by atoms with van der Waals surface area (Å²) in [5.41, 5.74) is 4.00. The second-order valence-corrected chi connectivity index (χ2v) is 6.09. The van der Waals surface area contributed by atoms with Crippen molar-refractivity contribution in [2.45, 2.75) is 20.3 Å². The summed E-state index contributed by atoms with van der Waals surface area (Å²) in [6.07, 6.45) is 0.873. The lowest BCUT2D eigenvalue weighted by molar-refractivity contribution is -0.140. The van der Waals surface area contributed by atoms with Crippen molar-refractivity contribution in [3.05, 3.63) is 70.8 Å². The molecule has 140 valence electrons. The van der Waals surface area contributed by atoms with E-state index < -0.39 is 10.4 Å². The molecule has 0 aliphatic heterocycles. The molecule has 0 heterocycles. The smallest absolute Gasteiger partial charge is 0.394 e. The van der Waals surface area contributed by atoms with E-state index in [-0.39, 0.29) is 11.8 Å². The van der Waals surface area contributed by atoms with Gasteiger partial charge in [0.25, 0.3) is 0 Å². The number of hydrogen-bond acceptors (Lipinski definition) is 5. The highest BCUT2D eigenvalue weighted by molar-refractivity contribution is 7.79. The first-order chi connectivity index (χ1) is 12.1. The van der Waals surface area contributed by atoms with E-state index in [0.29, 0.717) is 6.61 Å². The Balaban J connectivity index is 0.000000258. The maximum atomic E-state index is 12.1. The van der Waals surface area contributed by atoms with Gasteiger partial charge in [-0.25, -0.2) is 0 Å². The van der Waals surface area contributed by atoms with Crippen molar-refractivity contribution in [1.82, 2.24) is 0 Å². The Kier molecular flexibility index (Phi) is 8.11. The number of rotatable bonds is 1. The molecule has 0 atom stereocenters. The minimum atomic E-state index is -4.67. The van der Waals surface area contributed by atoms with Crippen LogP contribution in [0.25, 0.3) is 0 Å². The third kappa shape index (κ3) is 7.56. The minimum Gasteiger partial charge on any atom is -0.466 e. The van der Waals surface area contributed by atoms with E-state index in [1.807, 2.05) is 48.5 Å². The number of hydrogen-bond donors (Lipinski definition) is 2. The predicted molar refractivity (Wildman–Crippen MR) is 95.6 cm³/mol. The second kappa shape index (κ2) is 9.81. The Hall–Kier alpha value is -2.55. The van der Waals surface area contributed by atoms with Crippen LogP contribution in [0.3, 0.4) is 0 Å². The second-order valence-electron chi connectivity index (χ2n) is 5.19. The standard InChI is InChI=1S/C14H10O.C4H8O2.H2O4S/c15-14-12-7-3-1-5-10(12)9-11-6-2-4-8-13(11)14;1-3-6-4(2)5;1-5(2,3)4/h1-8H,9H2;3H2,1-2H3;(H2,1,2,3,4). The zero-order valence-electron chi connectivity index (χ0n) is 14.4. The molecule has 0 saturated carbocycles. The predicted octanol–water partition coefficient (Wildman–Crippen LogP) is 2.74. The lowest BCUT2D eigenvalue weighted by atomic mass is 9.85. The van der Waals surface area contributed by atoms with E-state index in [9.17, 15) is 9.59 Å². The summed E-state index contributed by atoms with van der Waals surface area (Å²) in [6.45, 7) is 3.65. The summed E-state index contributed by atoms with van der Waals surface area (Å²) < 4.78 is 36.0. The Morgan fingerprint density at radius 3 is 1.69 bits per heavy atom. The van der Waals surface area contributed by atoms with Crippen LogP contribution in [0.15, 0.2) is 48.5 Å². The van der Waals surface area contributed by atoms with Gasteiger partial charge < -0.3 is 4.74 Å². The number of carbonyl (C=O) groups excluding carboxylic acids is 2. The van der Waals surface area contributed by atoms with Crippen LogP contribution >= 0.6 is 0 Å². The van der Waals surface area contributed by atoms with Crippen LogP contribution in [-0.4, -0.2) is 35.9 Å². The number of esters is 1.